The third kappa shape index (κ3) is 6.73. The van der Waals surface area contributed by atoms with E-state index in [0.717, 1.165) is 80.0 Å². The Kier molecular flexibility index (Phi) is 9.98. The van der Waals surface area contributed by atoms with Gasteiger partial charge in [-0.3, -0.25) is 14.4 Å². The van der Waals surface area contributed by atoms with Crippen LogP contribution in [-0.4, -0.2) is 17.3 Å². The molecule has 1 saturated carbocycles. The lowest BCUT2D eigenvalue weighted by Gasteiger charge is -2.28. The van der Waals surface area contributed by atoms with E-state index in [2.05, 4.69) is 51.1 Å². The highest BCUT2D eigenvalue weighted by atomic mass is 16.2. The van der Waals surface area contributed by atoms with Crippen molar-refractivity contribution in [2.75, 3.05) is 0 Å². The first-order valence-corrected chi connectivity index (χ1v) is 15.7. The number of Topliss-reactive ketones (excluding diaryl/α,β-unsaturated/α-hetero) is 3. The number of allylic oxidation sites excluding steroid dienone is 2. The quantitative estimate of drug-likeness (QED) is 0.199. The maximum Gasteiger partial charge on any atom is 0.229 e. The minimum absolute atomic E-state index is 0.0264. The molecule has 40 heavy (non-hydrogen) atoms. The molecule has 1 unspecified atom stereocenters. The van der Waals surface area contributed by atoms with Crippen molar-refractivity contribution in [1.82, 2.24) is 0 Å². The Balaban J connectivity index is 1.53. The van der Waals surface area contributed by atoms with E-state index in [1.165, 1.54) is 11.1 Å². The maximum atomic E-state index is 13.8. The first-order chi connectivity index (χ1) is 19.1. The fourth-order valence-electron chi connectivity index (χ4n) is 6.77. The van der Waals surface area contributed by atoms with Crippen LogP contribution in [0.2, 0.25) is 0 Å². The van der Waals surface area contributed by atoms with Gasteiger partial charge in [0.15, 0.2) is 5.78 Å². The largest absolute Gasteiger partial charge is 0.294 e. The minimum atomic E-state index is -0.403. The standard InChI is InChI=1S/C37H48O3/c1-7-26(8-2)13-18-30-21-34(37(40)35(38)23(3)4)33-22-31(25(6)19-32(30)33)36(39)29-16-14-28(15-17-29)20-27-11-9-24(5)10-12-27/h9-12,19,21-23,26,28-30H,7-8,13-18,20H2,1-6H3. The van der Waals surface area contributed by atoms with Crippen molar-refractivity contribution >= 4 is 22.9 Å². The molecule has 0 N–H and O–H groups in total. The Morgan fingerprint density at radius 3 is 2.15 bits per heavy atom. The molecule has 3 heteroatoms. The first-order valence-electron chi connectivity index (χ1n) is 15.7. The molecule has 0 radical (unpaired) electrons. The Morgan fingerprint density at radius 1 is 0.900 bits per heavy atom. The molecule has 1 atom stereocenters. The molecule has 2 aliphatic rings. The average molecular weight is 541 g/mol. The van der Waals surface area contributed by atoms with Gasteiger partial charge in [-0.2, -0.15) is 0 Å². The van der Waals surface area contributed by atoms with Gasteiger partial charge in [-0.15, -0.1) is 0 Å². The number of hydrogen-bond acceptors (Lipinski definition) is 3. The molecule has 0 heterocycles. The van der Waals surface area contributed by atoms with Crippen molar-refractivity contribution in [3.63, 3.8) is 0 Å². The summed E-state index contributed by atoms with van der Waals surface area (Å²) in [6.45, 7) is 12.2. The molecular weight excluding hydrogens is 492 g/mol. The molecule has 1 fully saturated rings. The summed E-state index contributed by atoms with van der Waals surface area (Å²) >= 11 is 0. The van der Waals surface area contributed by atoms with Gasteiger partial charge in [0.2, 0.25) is 11.6 Å². The third-order valence-corrected chi connectivity index (χ3v) is 9.62. The topological polar surface area (TPSA) is 51.2 Å². The summed E-state index contributed by atoms with van der Waals surface area (Å²) < 4.78 is 0. The van der Waals surface area contributed by atoms with Crippen molar-refractivity contribution in [2.45, 2.75) is 105 Å². The number of carbonyl (C=O) groups excluding carboxylic acids is 3. The maximum absolute atomic E-state index is 13.8. The molecule has 214 valence electrons. The van der Waals surface area contributed by atoms with Crippen LogP contribution in [0.5, 0.6) is 0 Å². The summed E-state index contributed by atoms with van der Waals surface area (Å²) in [6, 6.07) is 12.9. The zero-order chi connectivity index (χ0) is 29.0. The van der Waals surface area contributed by atoms with Crippen LogP contribution in [0, 0.1) is 37.5 Å². The van der Waals surface area contributed by atoms with Gasteiger partial charge >= 0.3 is 0 Å². The van der Waals surface area contributed by atoms with Gasteiger partial charge in [0.05, 0.1) is 0 Å². The molecule has 0 saturated heterocycles. The lowest BCUT2D eigenvalue weighted by molar-refractivity contribution is -0.135. The van der Waals surface area contributed by atoms with Crippen molar-refractivity contribution in [2.24, 2.45) is 23.7 Å². The van der Waals surface area contributed by atoms with E-state index in [0.29, 0.717) is 17.4 Å². The van der Waals surface area contributed by atoms with Crippen LogP contribution in [0.1, 0.15) is 123 Å². The molecule has 0 amide bonds. The first kappa shape index (κ1) is 30.2. The number of carbonyl (C=O) groups is 3. The Morgan fingerprint density at radius 2 is 1.55 bits per heavy atom. The van der Waals surface area contributed by atoms with Gasteiger partial charge < -0.3 is 0 Å². The zero-order valence-electron chi connectivity index (χ0n) is 25.5. The van der Waals surface area contributed by atoms with Crippen molar-refractivity contribution in [3.8, 4) is 0 Å². The number of fused-ring (bicyclic) bond motifs is 1. The summed E-state index contributed by atoms with van der Waals surface area (Å²) in [4.78, 5) is 39.9. The van der Waals surface area contributed by atoms with Gasteiger partial charge in [-0.05, 0) is 98.9 Å². The lowest BCUT2D eigenvalue weighted by atomic mass is 9.75. The fourth-order valence-corrected chi connectivity index (χ4v) is 6.77. The van der Waals surface area contributed by atoms with E-state index in [9.17, 15) is 14.4 Å². The molecule has 2 aromatic carbocycles. The van der Waals surface area contributed by atoms with Crippen LogP contribution in [0.25, 0.3) is 5.57 Å². The number of aryl methyl sites for hydroxylation is 2. The van der Waals surface area contributed by atoms with Crippen LogP contribution in [-0.2, 0) is 16.0 Å². The molecule has 2 aromatic rings. The lowest BCUT2D eigenvalue weighted by Crippen LogP contribution is -2.24. The van der Waals surface area contributed by atoms with E-state index in [1.54, 1.807) is 13.8 Å². The fraction of sp³-hybridized carbons (Fsp3) is 0.541. The van der Waals surface area contributed by atoms with E-state index < -0.39 is 5.78 Å². The second-order valence-corrected chi connectivity index (χ2v) is 12.8. The molecule has 2 aliphatic carbocycles. The SMILES string of the molecule is CCC(CC)CCC1C=C(C(=O)C(=O)C(C)C)c2cc(C(=O)C3CCC(Cc4ccc(C)cc4)CC3)c(C)cc21. The predicted octanol–water partition coefficient (Wildman–Crippen LogP) is 9.03. The Hall–Kier alpha value is -2.81. The smallest absolute Gasteiger partial charge is 0.229 e. The molecule has 0 aromatic heterocycles. The normalized spacial score (nSPS) is 20.5. The summed E-state index contributed by atoms with van der Waals surface area (Å²) in [5.41, 5.74) is 6.84. The Labute approximate surface area is 241 Å². The minimum Gasteiger partial charge on any atom is -0.294 e. The highest BCUT2D eigenvalue weighted by Crippen LogP contribution is 2.43. The molecule has 4 rings (SSSR count). The van der Waals surface area contributed by atoms with Crippen LogP contribution >= 0.6 is 0 Å². The van der Waals surface area contributed by atoms with Crippen LogP contribution in [0.3, 0.4) is 0 Å². The van der Waals surface area contributed by atoms with Gasteiger partial charge in [0, 0.05) is 28.9 Å². The van der Waals surface area contributed by atoms with Gasteiger partial charge in [0.1, 0.15) is 0 Å². The summed E-state index contributed by atoms with van der Waals surface area (Å²) in [5, 5.41) is 0. The summed E-state index contributed by atoms with van der Waals surface area (Å²) in [5.74, 6) is 0.542. The highest BCUT2D eigenvalue weighted by Gasteiger charge is 2.34. The zero-order valence-corrected chi connectivity index (χ0v) is 25.5. The summed E-state index contributed by atoms with van der Waals surface area (Å²) in [7, 11) is 0. The van der Waals surface area contributed by atoms with E-state index in [-0.39, 0.29) is 29.3 Å². The molecular formula is C37H48O3. The van der Waals surface area contributed by atoms with Crippen molar-refractivity contribution in [1.29, 1.82) is 0 Å². The number of hydrogen-bond donors (Lipinski definition) is 0. The van der Waals surface area contributed by atoms with Gasteiger partial charge in [-0.25, -0.2) is 0 Å². The second kappa shape index (κ2) is 13.2. The highest BCUT2D eigenvalue weighted by molar-refractivity contribution is 6.54. The predicted molar refractivity (Wildman–Crippen MR) is 165 cm³/mol. The van der Waals surface area contributed by atoms with Gasteiger partial charge in [-0.1, -0.05) is 82.5 Å². The van der Waals surface area contributed by atoms with Crippen molar-refractivity contribution in [3.05, 3.63) is 75.9 Å². The number of ketones is 3. The van der Waals surface area contributed by atoms with Crippen LogP contribution in [0.15, 0.2) is 42.5 Å². The molecule has 0 bridgehead atoms. The van der Waals surface area contributed by atoms with Gasteiger partial charge in [0.25, 0.3) is 0 Å². The average Bonchev–Trinajstić information content (AvgIpc) is 3.30. The monoisotopic (exact) mass is 540 g/mol. The number of rotatable bonds is 12. The number of benzene rings is 2. The van der Waals surface area contributed by atoms with E-state index >= 15 is 0 Å². The molecule has 3 nitrogen and oxygen atoms in total. The van der Waals surface area contributed by atoms with E-state index in [4.69, 9.17) is 0 Å². The van der Waals surface area contributed by atoms with Crippen LogP contribution in [0.4, 0.5) is 0 Å². The second-order valence-electron chi connectivity index (χ2n) is 12.8. The third-order valence-electron chi connectivity index (χ3n) is 9.62. The van der Waals surface area contributed by atoms with Crippen molar-refractivity contribution < 1.29 is 14.4 Å². The Bertz CT molecular complexity index is 1250. The summed E-state index contributed by atoms with van der Waals surface area (Å²) in [6.07, 6.45) is 11.4. The van der Waals surface area contributed by atoms with Crippen LogP contribution < -0.4 is 0 Å². The molecule has 0 aliphatic heterocycles. The molecule has 0 spiro atoms. The van der Waals surface area contributed by atoms with E-state index in [1.807, 2.05) is 19.1 Å².